The topological polar surface area (TPSA) is 71.1 Å². The number of aryl methyl sites for hydroxylation is 2. The van der Waals surface area contributed by atoms with Gasteiger partial charge in [0.2, 0.25) is 0 Å². The number of rotatable bonds is 2. The Morgan fingerprint density at radius 1 is 0.957 bits per heavy atom. The van der Waals surface area contributed by atoms with Crippen LogP contribution in [0.2, 0.25) is 0 Å². The van der Waals surface area contributed by atoms with Crippen molar-refractivity contribution in [1.29, 1.82) is 0 Å². The molecule has 0 unspecified atom stereocenters. The van der Waals surface area contributed by atoms with Gasteiger partial charge in [0.15, 0.2) is 5.13 Å². The second-order valence-corrected chi connectivity index (χ2v) is 6.33. The van der Waals surface area contributed by atoms with Crippen LogP contribution in [0.3, 0.4) is 0 Å². The zero-order valence-electron chi connectivity index (χ0n) is 12.7. The fourth-order valence-corrected chi connectivity index (χ4v) is 2.94. The minimum absolute atomic E-state index is 0.429. The standard InChI is InChI=1S/C17H15N3O2S/c1-10-11(2)23-17(18-10)20-16(22)15(21)19-14-8-7-12-5-3-4-6-13(12)9-14/h3-9H,1-2H3,(H,19,21)(H,18,20,22). The summed E-state index contributed by atoms with van der Waals surface area (Å²) in [5.41, 5.74) is 1.43. The average Bonchev–Trinajstić information content (AvgIpc) is 2.85. The fourth-order valence-electron chi connectivity index (χ4n) is 2.14. The molecule has 5 nitrogen and oxygen atoms in total. The fraction of sp³-hybridized carbons (Fsp3) is 0.118. The van der Waals surface area contributed by atoms with Gasteiger partial charge in [-0.25, -0.2) is 4.98 Å². The van der Waals surface area contributed by atoms with Gasteiger partial charge in [-0.2, -0.15) is 0 Å². The third kappa shape index (κ3) is 3.37. The van der Waals surface area contributed by atoms with E-state index in [9.17, 15) is 9.59 Å². The Morgan fingerprint density at radius 2 is 1.65 bits per heavy atom. The molecular weight excluding hydrogens is 310 g/mol. The maximum Gasteiger partial charge on any atom is 0.315 e. The summed E-state index contributed by atoms with van der Waals surface area (Å²) < 4.78 is 0. The van der Waals surface area contributed by atoms with Crippen LogP contribution in [0.5, 0.6) is 0 Å². The number of carbonyl (C=O) groups excluding carboxylic acids is 2. The van der Waals surface area contributed by atoms with Crippen molar-refractivity contribution < 1.29 is 9.59 Å². The van der Waals surface area contributed by atoms with Gasteiger partial charge in [0, 0.05) is 10.6 Å². The van der Waals surface area contributed by atoms with E-state index >= 15 is 0 Å². The highest BCUT2D eigenvalue weighted by atomic mass is 32.1. The molecule has 0 bridgehead atoms. The first kappa shape index (κ1) is 15.2. The number of nitrogens with one attached hydrogen (secondary N) is 2. The summed E-state index contributed by atoms with van der Waals surface area (Å²) in [5.74, 6) is -1.45. The van der Waals surface area contributed by atoms with Crippen molar-refractivity contribution >= 4 is 44.7 Å². The Hall–Kier alpha value is -2.73. The number of anilines is 2. The zero-order chi connectivity index (χ0) is 16.4. The number of amides is 2. The van der Waals surface area contributed by atoms with E-state index in [1.807, 2.05) is 50.2 Å². The molecule has 0 aliphatic carbocycles. The second kappa shape index (κ2) is 6.18. The third-order valence-electron chi connectivity index (χ3n) is 3.46. The molecular formula is C17H15N3O2S. The highest BCUT2D eigenvalue weighted by Gasteiger charge is 2.16. The van der Waals surface area contributed by atoms with Crippen molar-refractivity contribution in [3.8, 4) is 0 Å². The number of benzene rings is 2. The maximum absolute atomic E-state index is 12.0. The number of nitrogens with zero attached hydrogens (tertiary/aromatic N) is 1. The van der Waals surface area contributed by atoms with Crippen LogP contribution in [0.4, 0.5) is 10.8 Å². The molecule has 0 aliphatic heterocycles. The smallest absolute Gasteiger partial charge is 0.315 e. The van der Waals surface area contributed by atoms with E-state index in [0.29, 0.717) is 10.8 Å². The Kier molecular flexibility index (Phi) is 4.08. The molecule has 23 heavy (non-hydrogen) atoms. The van der Waals surface area contributed by atoms with Crippen molar-refractivity contribution in [2.75, 3.05) is 10.6 Å². The number of carbonyl (C=O) groups is 2. The number of fused-ring (bicyclic) bond motifs is 1. The lowest BCUT2D eigenvalue weighted by Gasteiger charge is -2.06. The molecule has 3 aromatic rings. The monoisotopic (exact) mass is 325 g/mol. The first-order valence-corrected chi connectivity index (χ1v) is 7.90. The van der Waals surface area contributed by atoms with Gasteiger partial charge in [-0.3, -0.25) is 14.9 Å². The van der Waals surface area contributed by atoms with Crippen molar-refractivity contribution in [1.82, 2.24) is 4.98 Å². The summed E-state index contributed by atoms with van der Waals surface area (Å²) in [6.07, 6.45) is 0. The highest BCUT2D eigenvalue weighted by molar-refractivity contribution is 7.15. The molecule has 0 saturated heterocycles. The molecule has 0 spiro atoms. The molecule has 0 radical (unpaired) electrons. The molecule has 0 saturated carbocycles. The lowest BCUT2D eigenvalue weighted by Crippen LogP contribution is -2.29. The number of thiazole rings is 1. The van der Waals surface area contributed by atoms with Crippen molar-refractivity contribution in [3.05, 3.63) is 53.0 Å². The molecule has 0 aliphatic rings. The first-order valence-electron chi connectivity index (χ1n) is 7.08. The van der Waals surface area contributed by atoms with E-state index in [0.717, 1.165) is 21.3 Å². The third-order valence-corrected chi connectivity index (χ3v) is 4.45. The Labute approximate surface area is 137 Å². The molecule has 0 fully saturated rings. The normalized spacial score (nSPS) is 10.5. The molecule has 0 atom stereocenters. The Balaban J connectivity index is 1.70. The Bertz CT molecular complexity index is 882. The van der Waals surface area contributed by atoms with Crippen LogP contribution in [0, 0.1) is 13.8 Å². The van der Waals surface area contributed by atoms with Crippen LogP contribution in [0.25, 0.3) is 10.8 Å². The van der Waals surface area contributed by atoms with E-state index in [1.165, 1.54) is 11.3 Å². The highest BCUT2D eigenvalue weighted by Crippen LogP contribution is 2.21. The van der Waals surface area contributed by atoms with Gasteiger partial charge in [-0.1, -0.05) is 30.3 Å². The lowest BCUT2D eigenvalue weighted by atomic mass is 10.1. The summed E-state index contributed by atoms with van der Waals surface area (Å²) in [5, 5.41) is 7.62. The van der Waals surface area contributed by atoms with E-state index < -0.39 is 11.8 Å². The lowest BCUT2D eigenvalue weighted by molar-refractivity contribution is -0.132. The molecule has 2 N–H and O–H groups in total. The molecule has 2 aromatic carbocycles. The van der Waals surface area contributed by atoms with Crippen molar-refractivity contribution in [3.63, 3.8) is 0 Å². The quantitative estimate of drug-likeness (QED) is 0.709. The summed E-state index contributed by atoms with van der Waals surface area (Å²) >= 11 is 1.35. The molecule has 1 heterocycles. The minimum Gasteiger partial charge on any atom is -0.318 e. The predicted molar refractivity (Wildman–Crippen MR) is 92.8 cm³/mol. The molecule has 1 aromatic heterocycles. The van der Waals surface area contributed by atoms with E-state index in [2.05, 4.69) is 15.6 Å². The Morgan fingerprint density at radius 3 is 2.35 bits per heavy atom. The largest absolute Gasteiger partial charge is 0.318 e. The van der Waals surface area contributed by atoms with Crippen molar-refractivity contribution in [2.45, 2.75) is 13.8 Å². The van der Waals surface area contributed by atoms with Crippen LogP contribution in [0.1, 0.15) is 10.6 Å². The molecule has 2 amide bonds. The zero-order valence-corrected chi connectivity index (χ0v) is 13.5. The SMILES string of the molecule is Cc1nc(NC(=O)C(=O)Nc2ccc3ccccc3c2)sc1C. The van der Waals surface area contributed by atoms with Gasteiger partial charge in [0.25, 0.3) is 0 Å². The van der Waals surface area contributed by atoms with Crippen LogP contribution in [-0.4, -0.2) is 16.8 Å². The van der Waals surface area contributed by atoms with E-state index in [4.69, 9.17) is 0 Å². The number of hydrogen-bond donors (Lipinski definition) is 2. The molecule has 3 rings (SSSR count). The van der Waals surface area contributed by atoms with Gasteiger partial charge in [0.1, 0.15) is 0 Å². The summed E-state index contributed by atoms with van der Waals surface area (Å²) in [6.45, 7) is 3.77. The number of aromatic nitrogens is 1. The van der Waals surface area contributed by atoms with Gasteiger partial charge in [0.05, 0.1) is 5.69 Å². The average molecular weight is 325 g/mol. The first-order chi connectivity index (χ1) is 11.0. The number of hydrogen-bond acceptors (Lipinski definition) is 4. The second-order valence-electron chi connectivity index (χ2n) is 5.13. The van der Waals surface area contributed by atoms with Crippen LogP contribution in [0.15, 0.2) is 42.5 Å². The minimum atomic E-state index is -0.730. The summed E-state index contributed by atoms with van der Waals surface area (Å²) in [6, 6.07) is 13.3. The van der Waals surface area contributed by atoms with Crippen molar-refractivity contribution in [2.24, 2.45) is 0 Å². The van der Waals surface area contributed by atoms with Crippen LogP contribution >= 0.6 is 11.3 Å². The van der Waals surface area contributed by atoms with Gasteiger partial charge in [-0.05, 0) is 36.8 Å². The summed E-state index contributed by atoms with van der Waals surface area (Å²) in [4.78, 5) is 29.1. The molecule has 116 valence electrons. The maximum atomic E-state index is 12.0. The predicted octanol–water partition coefficient (Wildman–Crippen LogP) is 3.49. The van der Waals surface area contributed by atoms with Crippen LogP contribution < -0.4 is 10.6 Å². The molecule has 6 heteroatoms. The van der Waals surface area contributed by atoms with Gasteiger partial charge < -0.3 is 5.32 Å². The summed E-state index contributed by atoms with van der Waals surface area (Å²) in [7, 11) is 0. The van der Waals surface area contributed by atoms with Crippen LogP contribution in [-0.2, 0) is 9.59 Å². The van der Waals surface area contributed by atoms with Gasteiger partial charge >= 0.3 is 11.8 Å². The van der Waals surface area contributed by atoms with Gasteiger partial charge in [-0.15, -0.1) is 11.3 Å². The van der Waals surface area contributed by atoms with E-state index in [-0.39, 0.29) is 0 Å². The van der Waals surface area contributed by atoms with E-state index in [1.54, 1.807) is 6.07 Å².